The van der Waals surface area contributed by atoms with Crippen LogP contribution < -0.4 is 5.32 Å². The van der Waals surface area contributed by atoms with E-state index in [1.165, 1.54) is 17.7 Å². The van der Waals surface area contributed by atoms with Crippen molar-refractivity contribution < 1.29 is 9.18 Å². The molecule has 1 heterocycles. The highest BCUT2D eigenvalue weighted by Gasteiger charge is 2.10. The van der Waals surface area contributed by atoms with E-state index in [1.807, 2.05) is 6.08 Å². The summed E-state index contributed by atoms with van der Waals surface area (Å²) in [6.07, 6.45) is 5.23. The molecule has 144 valence electrons. The summed E-state index contributed by atoms with van der Waals surface area (Å²) < 4.78 is 13.6. The molecule has 28 heavy (non-hydrogen) atoms. The molecule has 0 atom stereocenters. The van der Waals surface area contributed by atoms with Crippen LogP contribution in [0, 0.1) is 5.82 Å². The molecule has 0 unspecified atom stereocenters. The minimum absolute atomic E-state index is 0.0791. The number of benzene rings is 2. The molecule has 0 radical (unpaired) electrons. The molecule has 3 aromatic rings. The molecule has 0 saturated carbocycles. The van der Waals surface area contributed by atoms with Crippen molar-refractivity contribution in [2.75, 3.05) is 6.54 Å². The predicted molar refractivity (Wildman–Crippen MR) is 111 cm³/mol. The van der Waals surface area contributed by atoms with Crippen LogP contribution in [0.25, 0.3) is 10.6 Å². The first-order chi connectivity index (χ1) is 13.7. The van der Waals surface area contributed by atoms with Gasteiger partial charge in [-0.1, -0.05) is 53.8 Å². The number of allylic oxidation sites excluding steroid dienone is 1. The van der Waals surface area contributed by atoms with Crippen molar-refractivity contribution in [1.82, 2.24) is 15.5 Å². The molecule has 0 bridgehead atoms. The summed E-state index contributed by atoms with van der Waals surface area (Å²) in [4.78, 5) is 11.9. The lowest BCUT2D eigenvalue weighted by Crippen LogP contribution is -2.25. The number of nitrogens with zero attached hydrogens (tertiary/aromatic N) is 2. The van der Waals surface area contributed by atoms with Crippen LogP contribution >= 0.6 is 11.3 Å². The summed E-state index contributed by atoms with van der Waals surface area (Å²) >= 11 is 1.59. The maximum absolute atomic E-state index is 13.6. The fourth-order valence-electron chi connectivity index (χ4n) is 2.77. The Morgan fingerprint density at radius 3 is 2.64 bits per heavy atom. The molecule has 2 aromatic carbocycles. The van der Waals surface area contributed by atoms with Gasteiger partial charge in [-0.25, -0.2) is 4.39 Å². The summed E-state index contributed by atoms with van der Waals surface area (Å²) in [5, 5.41) is 13.2. The number of aryl methyl sites for hydroxylation is 1. The first kappa shape index (κ1) is 19.9. The SMILES string of the molecule is C=CCc1ccc(-c2nnc(CCCCNC(=O)c3ccccc3F)s2)cc1. The first-order valence-corrected chi connectivity index (χ1v) is 10.0. The van der Waals surface area contributed by atoms with E-state index in [-0.39, 0.29) is 11.5 Å². The number of unbranched alkanes of at least 4 members (excludes halogenated alkanes) is 1. The number of hydrogen-bond acceptors (Lipinski definition) is 4. The second-order valence-electron chi connectivity index (χ2n) is 6.38. The average Bonchev–Trinajstić information content (AvgIpc) is 3.18. The van der Waals surface area contributed by atoms with Crippen molar-refractivity contribution in [2.24, 2.45) is 0 Å². The normalized spacial score (nSPS) is 10.6. The highest BCUT2D eigenvalue weighted by atomic mass is 32.1. The quantitative estimate of drug-likeness (QED) is 0.417. The lowest BCUT2D eigenvalue weighted by molar-refractivity contribution is 0.0949. The van der Waals surface area contributed by atoms with Crippen molar-refractivity contribution in [1.29, 1.82) is 0 Å². The van der Waals surface area contributed by atoms with Crippen molar-refractivity contribution in [3.05, 3.63) is 83.1 Å². The Balaban J connectivity index is 1.43. The second-order valence-corrected chi connectivity index (χ2v) is 7.45. The van der Waals surface area contributed by atoms with Gasteiger partial charge < -0.3 is 5.32 Å². The van der Waals surface area contributed by atoms with E-state index in [1.54, 1.807) is 23.5 Å². The maximum Gasteiger partial charge on any atom is 0.254 e. The van der Waals surface area contributed by atoms with Crippen molar-refractivity contribution in [3.63, 3.8) is 0 Å². The van der Waals surface area contributed by atoms with Crippen molar-refractivity contribution in [2.45, 2.75) is 25.7 Å². The van der Waals surface area contributed by atoms with Gasteiger partial charge >= 0.3 is 0 Å². The van der Waals surface area contributed by atoms with Gasteiger partial charge in [-0.2, -0.15) is 0 Å². The van der Waals surface area contributed by atoms with Gasteiger partial charge in [0, 0.05) is 18.5 Å². The molecule has 1 aromatic heterocycles. The summed E-state index contributed by atoms with van der Waals surface area (Å²) in [6, 6.07) is 14.3. The maximum atomic E-state index is 13.6. The molecule has 1 amide bonds. The number of halogens is 1. The Hall–Kier alpha value is -2.86. The third-order valence-corrected chi connectivity index (χ3v) is 5.30. The van der Waals surface area contributed by atoms with E-state index in [2.05, 4.69) is 46.4 Å². The number of rotatable bonds is 9. The number of amides is 1. The number of carbonyl (C=O) groups is 1. The standard InChI is InChI=1S/C22H22FN3OS/c1-2-7-16-11-13-17(14-12-16)22-26-25-20(28-22)10-5-6-15-24-21(27)18-8-3-4-9-19(18)23/h2-4,8-9,11-14H,1,5-7,10,15H2,(H,24,27). The van der Waals surface area contributed by atoms with Gasteiger partial charge in [0.05, 0.1) is 5.56 Å². The molecule has 0 aliphatic carbocycles. The van der Waals surface area contributed by atoms with Gasteiger partial charge in [-0.15, -0.1) is 16.8 Å². The van der Waals surface area contributed by atoms with Crippen molar-refractivity contribution >= 4 is 17.2 Å². The molecular weight excluding hydrogens is 373 g/mol. The molecule has 0 aliphatic rings. The van der Waals surface area contributed by atoms with Gasteiger partial charge in [0.2, 0.25) is 0 Å². The predicted octanol–water partition coefficient (Wildman–Crippen LogP) is 4.83. The molecule has 6 heteroatoms. The Morgan fingerprint density at radius 2 is 1.89 bits per heavy atom. The van der Waals surface area contributed by atoms with Gasteiger partial charge in [-0.3, -0.25) is 4.79 Å². The fraction of sp³-hybridized carbons (Fsp3) is 0.227. The number of carbonyl (C=O) groups excluding carboxylic acids is 1. The zero-order valence-electron chi connectivity index (χ0n) is 15.5. The molecular formula is C22H22FN3OS. The van der Waals surface area contributed by atoms with Crippen LogP contribution in [0.2, 0.25) is 0 Å². The molecule has 1 N–H and O–H groups in total. The molecule has 3 rings (SSSR count). The Kier molecular flexibility index (Phi) is 7.03. The van der Waals surface area contributed by atoms with Crippen LogP contribution in [-0.2, 0) is 12.8 Å². The summed E-state index contributed by atoms with van der Waals surface area (Å²) in [6.45, 7) is 4.25. The van der Waals surface area contributed by atoms with Crippen LogP contribution in [0.15, 0.2) is 61.2 Å². The molecule has 0 saturated heterocycles. The lowest BCUT2D eigenvalue weighted by Gasteiger charge is -2.05. The topological polar surface area (TPSA) is 54.9 Å². The Bertz CT molecular complexity index is 937. The van der Waals surface area contributed by atoms with E-state index in [4.69, 9.17) is 0 Å². The number of nitrogens with one attached hydrogen (secondary N) is 1. The summed E-state index contributed by atoms with van der Waals surface area (Å²) in [7, 11) is 0. The first-order valence-electron chi connectivity index (χ1n) is 9.22. The van der Waals surface area contributed by atoms with E-state index in [0.717, 1.165) is 41.3 Å². The van der Waals surface area contributed by atoms with Crippen LogP contribution in [0.5, 0.6) is 0 Å². The highest BCUT2D eigenvalue weighted by Crippen LogP contribution is 2.24. The average molecular weight is 396 g/mol. The van der Waals surface area contributed by atoms with Crippen molar-refractivity contribution in [3.8, 4) is 10.6 Å². The summed E-state index contributed by atoms with van der Waals surface area (Å²) in [5.41, 5.74) is 2.37. The smallest absolute Gasteiger partial charge is 0.254 e. The fourth-order valence-corrected chi connectivity index (χ4v) is 3.65. The van der Waals surface area contributed by atoms with E-state index in [0.29, 0.717) is 6.54 Å². The Labute approximate surface area is 168 Å². The van der Waals surface area contributed by atoms with Crippen LogP contribution in [0.1, 0.15) is 33.8 Å². The minimum Gasteiger partial charge on any atom is -0.352 e. The monoisotopic (exact) mass is 395 g/mol. The molecule has 4 nitrogen and oxygen atoms in total. The minimum atomic E-state index is -0.501. The number of hydrogen-bond donors (Lipinski definition) is 1. The largest absolute Gasteiger partial charge is 0.352 e. The molecule has 0 fully saturated rings. The van der Waals surface area contributed by atoms with Gasteiger partial charge in [0.1, 0.15) is 15.8 Å². The van der Waals surface area contributed by atoms with Crippen LogP contribution in [0.3, 0.4) is 0 Å². The van der Waals surface area contributed by atoms with Gasteiger partial charge in [0.15, 0.2) is 0 Å². The van der Waals surface area contributed by atoms with E-state index >= 15 is 0 Å². The summed E-state index contributed by atoms with van der Waals surface area (Å²) in [5.74, 6) is -0.880. The number of aromatic nitrogens is 2. The molecule has 0 aliphatic heterocycles. The van der Waals surface area contributed by atoms with Crippen LogP contribution in [0.4, 0.5) is 4.39 Å². The third-order valence-electron chi connectivity index (χ3n) is 4.27. The Morgan fingerprint density at radius 1 is 1.11 bits per heavy atom. The van der Waals surface area contributed by atoms with Gasteiger partial charge in [0.25, 0.3) is 5.91 Å². The third kappa shape index (κ3) is 5.33. The zero-order chi connectivity index (χ0) is 19.8. The van der Waals surface area contributed by atoms with E-state index < -0.39 is 5.82 Å². The second kappa shape index (κ2) is 9.90. The lowest BCUT2D eigenvalue weighted by atomic mass is 10.1. The highest BCUT2D eigenvalue weighted by molar-refractivity contribution is 7.14. The van der Waals surface area contributed by atoms with E-state index in [9.17, 15) is 9.18 Å². The molecule has 0 spiro atoms. The zero-order valence-corrected chi connectivity index (χ0v) is 16.3. The van der Waals surface area contributed by atoms with Gasteiger partial charge in [-0.05, 0) is 37.0 Å². The van der Waals surface area contributed by atoms with Crippen LogP contribution in [-0.4, -0.2) is 22.6 Å².